The first-order valence-corrected chi connectivity index (χ1v) is 5.91. The van der Waals surface area contributed by atoms with Gasteiger partial charge in [0.15, 0.2) is 0 Å². The summed E-state index contributed by atoms with van der Waals surface area (Å²) in [5.74, 6) is 0.520. The highest BCUT2D eigenvalue weighted by Crippen LogP contribution is 2.47. The van der Waals surface area contributed by atoms with Gasteiger partial charge < -0.3 is 5.73 Å². The highest BCUT2D eigenvalue weighted by molar-refractivity contribution is 6.31. The van der Waals surface area contributed by atoms with Crippen molar-refractivity contribution in [3.05, 3.63) is 34.3 Å². The van der Waals surface area contributed by atoms with Crippen LogP contribution in [0.4, 0.5) is 0 Å². The van der Waals surface area contributed by atoms with Crippen LogP contribution in [0.3, 0.4) is 0 Å². The summed E-state index contributed by atoms with van der Waals surface area (Å²) >= 11 is 6.29. The maximum absolute atomic E-state index is 6.29. The lowest BCUT2D eigenvalue weighted by Crippen LogP contribution is -2.29. The summed E-state index contributed by atoms with van der Waals surface area (Å²) in [6, 6.07) is 6.22. The molecule has 0 saturated carbocycles. The molecule has 0 aromatic heterocycles. The minimum Gasteiger partial charge on any atom is -0.330 e. The van der Waals surface area contributed by atoms with Crippen molar-refractivity contribution < 1.29 is 0 Å². The summed E-state index contributed by atoms with van der Waals surface area (Å²) in [5, 5.41) is 0.913. The fourth-order valence-corrected chi connectivity index (χ4v) is 2.88. The molecular weight excluding hydrogens is 206 g/mol. The molecule has 15 heavy (non-hydrogen) atoms. The summed E-state index contributed by atoms with van der Waals surface area (Å²) in [6.45, 7) is 5.18. The second-order valence-corrected chi connectivity index (χ2v) is 5.50. The van der Waals surface area contributed by atoms with E-state index in [1.165, 1.54) is 17.5 Å². The molecule has 2 heteroatoms. The molecule has 0 saturated heterocycles. The maximum Gasteiger partial charge on any atom is 0.0443 e. The summed E-state index contributed by atoms with van der Waals surface area (Å²) in [5.41, 5.74) is 8.75. The maximum atomic E-state index is 6.29. The summed E-state index contributed by atoms with van der Waals surface area (Å²) in [4.78, 5) is 0. The Balaban J connectivity index is 2.44. The van der Waals surface area contributed by atoms with Gasteiger partial charge in [-0.1, -0.05) is 37.6 Å². The number of rotatable bonds is 2. The molecule has 0 heterocycles. The van der Waals surface area contributed by atoms with Crippen molar-refractivity contribution in [2.45, 2.75) is 32.6 Å². The van der Waals surface area contributed by atoms with E-state index in [1.807, 2.05) is 12.1 Å². The standard InChI is InChI=1S/C13H18ClN/c1-13(2,8-15)10-7-6-9-4-3-5-11(14)12(9)10/h3-5,10H,6-8,15H2,1-2H3. The third-order valence-corrected chi connectivity index (χ3v) is 3.99. The zero-order valence-corrected chi connectivity index (χ0v) is 10.1. The second-order valence-electron chi connectivity index (χ2n) is 5.10. The molecule has 82 valence electrons. The van der Waals surface area contributed by atoms with Crippen LogP contribution in [0, 0.1) is 5.41 Å². The molecule has 1 atom stereocenters. The van der Waals surface area contributed by atoms with Crippen LogP contribution in [0.5, 0.6) is 0 Å². The summed E-state index contributed by atoms with van der Waals surface area (Å²) < 4.78 is 0. The Labute approximate surface area is 96.6 Å². The van der Waals surface area contributed by atoms with E-state index in [9.17, 15) is 0 Å². The van der Waals surface area contributed by atoms with Gasteiger partial charge in [-0.25, -0.2) is 0 Å². The molecule has 2 rings (SSSR count). The molecular formula is C13H18ClN. The van der Waals surface area contributed by atoms with Crippen LogP contribution in [0.25, 0.3) is 0 Å². The molecule has 1 nitrogen and oxygen atoms in total. The largest absolute Gasteiger partial charge is 0.330 e. The fourth-order valence-electron chi connectivity index (χ4n) is 2.56. The van der Waals surface area contributed by atoms with Crippen molar-refractivity contribution in [2.24, 2.45) is 11.1 Å². The average molecular weight is 224 g/mol. The first-order chi connectivity index (χ1) is 7.06. The topological polar surface area (TPSA) is 26.0 Å². The van der Waals surface area contributed by atoms with Gasteiger partial charge in [-0.15, -0.1) is 0 Å². The number of halogens is 1. The number of aryl methyl sites for hydroxylation is 1. The van der Waals surface area contributed by atoms with E-state index >= 15 is 0 Å². The molecule has 1 aromatic carbocycles. The fraction of sp³-hybridized carbons (Fsp3) is 0.538. The van der Waals surface area contributed by atoms with Crippen LogP contribution in [-0.2, 0) is 6.42 Å². The second kappa shape index (κ2) is 3.80. The Bertz CT molecular complexity index is 371. The number of nitrogens with two attached hydrogens (primary N) is 1. The molecule has 1 aliphatic carbocycles. The Morgan fingerprint density at radius 2 is 2.20 bits per heavy atom. The predicted molar refractivity (Wildman–Crippen MR) is 65.3 cm³/mol. The molecule has 1 aromatic rings. The van der Waals surface area contributed by atoms with Gasteiger partial charge >= 0.3 is 0 Å². The van der Waals surface area contributed by atoms with E-state index in [0.29, 0.717) is 12.5 Å². The lowest BCUT2D eigenvalue weighted by atomic mass is 9.76. The van der Waals surface area contributed by atoms with Crippen LogP contribution in [0.2, 0.25) is 5.02 Å². The van der Waals surface area contributed by atoms with E-state index in [4.69, 9.17) is 17.3 Å². The van der Waals surface area contributed by atoms with E-state index in [0.717, 1.165) is 11.4 Å². The number of benzene rings is 1. The minimum atomic E-state index is 0.149. The van der Waals surface area contributed by atoms with Gasteiger partial charge in [0.1, 0.15) is 0 Å². The number of fused-ring (bicyclic) bond motifs is 1. The van der Waals surface area contributed by atoms with Crippen molar-refractivity contribution >= 4 is 11.6 Å². The van der Waals surface area contributed by atoms with E-state index in [-0.39, 0.29) is 5.41 Å². The smallest absolute Gasteiger partial charge is 0.0443 e. The Kier molecular flexibility index (Phi) is 2.78. The zero-order valence-electron chi connectivity index (χ0n) is 9.39. The van der Waals surface area contributed by atoms with Crippen molar-refractivity contribution in [1.29, 1.82) is 0 Å². The lowest BCUT2D eigenvalue weighted by molar-refractivity contribution is 0.294. The molecule has 2 N–H and O–H groups in total. The van der Waals surface area contributed by atoms with Gasteiger partial charge in [0.2, 0.25) is 0 Å². The van der Waals surface area contributed by atoms with Crippen LogP contribution < -0.4 is 5.73 Å². The van der Waals surface area contributed by atoms with E-state index in [2.05, 4.69) is 19.9 Å². The monoisotopic (exact) mass is 223 g/mol. The van der Waals surface area contributed by atoms with Gasteiger partial charge in [-0.3, -0.25) is 0 Å². The van der Waals surface area contributed by atoms with Crippen LogP contribution in [-0.4, -0.2) is 6.54 Å². The normalized spacial score (nSPS) is 20.4. The van der Waals surface area contributed by atoms with Crippen LogP contribution in [0.15, 0.2) is 18.2 Å². The first-order valence-electron chi connectivity index (χ1n) is 5.53. The van der Waals surface area contributed by atoms with Gasteiger partial charge in [0, 0.05) is 5.02 Å². The third-order valence-electron chi connectivity index (χ3n) is 3.66. The van der Waals surface area contributed by atoms with Crippen molar-refractivity contribution in [1.82, 2.24) is 0 Å². The van der Waals surface area contributed by atoms with E-state index in [1.54, 1.807) is 0 Å². The lowest BCUT2D eigenvalue weighted by Gasteiger charge is -2.31. The van der Waals surface area contributed by atoms with E-state index < -0.39 is 0 Å². The molecule has 0 amide bonds. The highest BCUT2D eigenvalue weighted by atomic mass is 35.5. The van der Waals surface area contributed by atoms with Crippen molar-refractivity contribution in [3.8, 4) is 0 Å². The molecule has 0 fully saturated rings. The quantitative estimate of drug-likeness (QED) is 0.818. The van der Waals surface area contributed by atoms with Gasteiger partial charge in [-0.2, -0.15) is 0 Å². The minimum absolute atomic E-state index is 0.149. The predicted octanol–water partition coefficient (Wildman–Crippen LogP) is 3.35. The van der Waals surface area contributed by atoms with Crippen LogP contribution >= 0.6 is 11.6 Å². The molecule has 0 radical (unpaired) electrons. The Morgan fingerprint density at radius 3 is 2.87 bits per heavy atom. The Morgan fingerprint density at radius 1 is 1.47 bits per heavy atom. The third kappa shape index (κ3) is 1.79. The van der Waals surface area contributed by atoms with Gasteiger partial charge in [0.25, 0.3) is 0 Å². The average Bonchev–Trinajstić information content (AvgIpc) is 2.63. The number of hydrogen-bond acceptors (Lipinski definition) is 1. The Hall–Kier alpha value is -0.530. The summed E-state index contributed by atoms with van der Waals surface area (Å²) in [6.07, 6.45) is 2.33. The molecule has 0 bridgehead atoms. The van der Waals surface area contributed by atoms with Gasteiger partial charge in [-0.05, 0) is 47.9 Å². The molecule has 1 unspecified atom stereocenters. The van der Waals surface area contributed by atoms with Crippen molar-refractivity contribution in [2.75, 3.05) is 6.54 Å². The van der Waals surface area contributed by atoms with Crippen LogP contribution in [0.1, 0.15) is 37.3 Å². The summed E-state index contributed by atoms with van der Waals surface area (Å²) in [7, 11) is 0. The SMILES string of the molecule is CC(C)(CN)C1CCc2cccc(Cl)c21. The number of hydrogen-bond donors (Lipinski definition) is 1. The van der Waals surface area contributed by atoms with Gasteiger partial charge in [0.05, 0.1) is 0 Å². The van der Waals surface area contributed by atoms with Crippen molar-refractivity contribution in [3.63, 3.8) is 0 Å². The molecule has 1 aliphatic rings. The first kappa shape index (κ1) is 11.0. The molecule has 0 spiro atoms. The molecule has 0 aliphatic heterocycles. The zero-order chi connectivity index (χ0) is 11.1. The highest BCUT2D eigenvalue weighted by Gasteiger charge is 2.35.